The molecule has 3 saturated carbocycles. The van der Waals surface area contributed by atoms with E-state index in [1.807, 2.05) is 0 Å². The number of hydrogen-bond donors (Lipinski definition) is 1. The van der Waals surface area contributed by atoms with Gasteiger partial charge in [0.1, 0.15) is 0 Å². The van der Waals surface area contributed by atoms with Crippen LogP contribution in [-0.4, -0.2) is 41.1 Å². The molecule has 1 heterocycles. The number of nitrogens with zero attached hydrogens (tertiary/aromatic N) is 1. The Labute approximate surface area is 195 Å². The number of benzene rings is 1. The number of fused-ring (bicyclic) bond motifs is 1. The highest BCUT2D eigenvalue weighted by Crippen LogP contribution is 2.65. The lowest BCUT2D eigenvalue weighted by Gasteiger charge is -2.30. The summed E-state index contributed by atoms with van der Waals surface area (Å²) in [6.07, 6.45) is 7.92. The topological polar surface area (TPSA) is 15.3 Å². The molecule has 5 rings (SSSR count). The Bertz CT molecular complexity index is 828. The number of halogens is 2. The third-order valence-corrected chi connectivity index (χ3v) is 11.1. The first-order valence-electron chi connectivity index (χ1n) is 12.9. The lowest BCUT2D eigenvalue weighted by molar-refractivity contribution is -0.0468. The average Bonchev–Trinajstić information content (AvgIpc) is 3.69. The van der Waals surface area contributed by atoms with E-state index in [9.17, 15) is 8.78 Å². The molecule has 2 nitrogen and oxygen atoms in total. The molecule has 4 atom stereocenters. The van der Waals surface area contributed by atoms with E-state index in [1.165, 1.54) is 44.5 Å². The molecular weight excluding hydrogens is 422 g/mol. The molecule has 0 bridgehead atoms. The smallest absolute Gasteiger partial charge is 0.248 e. The maximum atomic E-state index is 13.4. The van der Waals surface area contributed by atoms with Gasteiger partial charge in [0.15, 0.2) is 0 Å². The van der Waals surface area contributed by atoms with Crippen molar-refractivity contribution in [3.05, 3.63) is 29.8 Å². The first kappa shape index (κ1) is 22.8. The largest absolute Gasteiger partial charge is 0.335 e. The Morgan fingerprint density at radius 3 is 2.47 bits per heavy atom. The highest BCUT2D eigenvalue weighted by Gasteiger charge is 2.67. The molecule has 4 fully saturated rings. The monoisotopic (exact) mass is 462 g/mol. The maximum absolute atomic E-state index is 13.4. The van der Waals surface area contributed by atoms with Crippen LogP contribution in [0.25, 0.3) is 0 Å². The van der Waals surface area contributed by atoms with E-state index in [0.717, 1.165) is 42.9 Å². The van der Waals surface area contributed by atoms with Gasteiger partial charge in [-0.15, -0.1) is 0 Å². The third-order valence-electron chi connectivity index (χ3n) is 8.89. The molecule has 2 unspecified atom stereocenters. The zero-order valence-electron chi connectivity index (χ0n) is 19.8. The molecule has 0 spiro atoms. The Kier molecular flexibility index (Phi) is 6.43. The molecule has 1 aliphatic heterocycles. The zero-order chi connectivity index (χ0) is 22.3. The molecule has 3 aliphatic carbocycles. The molecule has 0 radical (unpaired) electrons. The summed E-state index contributed by atoms with van der Waals surface area (Å²) >= 11 is 0. The van der Waals surface area contributed by atoms with E-state index in [-0.39, 0.29) is 23.5 Å². The number of nitrogens with one attached hydrogen (secondary N) is 1. The van der Waals surface area contributed by atoms with Gasteiger partial charge < -0.3 is 9.62 Å². The van der Waals surface area contributed by atoms with Crippen LogP contribution in [0, 0.1) is 17.8 Å². The van der Waals surface area contributed by atoms with Crippen molar-refractivity contribution >= 4 is 21.7 Å². The zero-order valence-corrected chi connectivity index (χ0v) is 20.6. The van der Waals surface area contributed by atoms with Gasteiger partial charge in [0.25, 0.3) is 0 Å². The molecule has 32 heavy (non-hydrogen) atoms. The Balaban J connectivity index is 1.13. The minimum Gasteiger partial charge on any atom is -0.335 e. The van der Waals surface area contributed by atoms with Crippen LogP contribution in [0.3, 0.4) is 0 Å². The highest BCUT2D eigenvalue weighted by atomic mass is 32.2. The number of likely N-dealkylation sites (tertiary alicyclic amines) is 1. The second kappa shape index (κ2) is 9.02. The summed E-state index contributed by atoms with van der Waals surface area (Å²) in [5, 5.41) is 3.20. The molecule has 1 aromatic rings. The fourth-order valence-corrected chi connectivity index (χ4v) is 8.52. The lowest BCUT2D eigenvalue weighted by atomic mass is 9.84. The highest BCUT2D eigenvalue weighted by molar-refractivity contribution is 8.16. The van der Waals surface area contributed by atoms with Crippen molar-refractivity contribution in [2.75, 3.05) is 24.4 Å². The van der Waals surface area contributed by atoms with Crippen molar-refractivity contribution in [2.45, 2.75) is 88.2 Å². The van der Waals surface area contributed by atoms with Crippen LogP contribution in [0.4, 0.5) is 14.5 Å². The van der Waals surface area contributed by atoms with Crippen molar-refractivity contribution in [1.29, 1.82) is 0 Å². The summed E-state index contributed by atoms with van der Waals surface area (Å²) in [6.45, 7) is 8.14. The van der Waals surface area contributed by atoms with Gasteiger partial charge in [-0.1, -0.05) is 29.7 Å². The fraction of sp³-hybridized carbons (Fsp3) is 0.741. The molecular formula is C27H40F2N2S. The second-order valence-electron chi connectivity index (χ2n) is 10.8. The van der Waals surface area contributed by atoms with Gasteiger partial charge in [0.2, 0.25) is 5.92 Å². The normalized spacial score (nSPS) is 33.2. The summed E-state index contributed by atoms with van der Waals surface area (Å²) in [4.78, 5) is 2.65. The van der Waals surface area contributed by atoms with Gasteiger partial charge >= 0.3 is 0 Å². The number of hydrogen-bond acceptors (Lipinski definition) is 2. The first-order chi connectivity index (χ1) is 15.4. The number of anilines is 1. The molecule has 5 heteroatoms. The van der Waals surface area contributed by atoms with E-state index in [2.05, 4.69) is 53.1 Å². The van der Waals surface area contributed by atoms with Crippen LogP contribution in [0.1, 0.15) is 77.2 Å². The quantitative estimate of drug-likeness (QED) is 0.394. The average molecular weight is 463 g/mol. The number of alkyl halides is 2. The fourth-order valence-electron chi connectivity index (χ4n) is 6.81. The molecule has 178 valence electrons. The maximum Gasteiger partial charge on any atom is 0.248 e. The summed E-state index contributed by atoms with van der Waals surface area (Å²) < 4.78 is 30.5. The number of rotatable bonds is 9. The van der Waals surface area contributed by atoms with Gasteiger partial charge in [-0.3, -0.25) is 0 Å². The van der Waals surface area contributed by atoms with E-state index in [4.69, 9.17) is 0 Å². The first-order valence-corrected chi connectivity index (χ1v) is 14.3. The van der Waals surface area contributed by atoms with Crippen LogP contribution in [0.5, 0.6) is 0 Å². The van der Waals surface area contributed by atoms with Crippen molar-refractivity contribution in [3.63, 3.8) is 0 Å². The molecule has 4 aliphatic rings. The van der Waals surface area contributed by atoms with Crippen LogP contribution >= 0.6 is 10.7 Å². The van der Waals surface area contributed by atoms with Crippen molar-refractivity contribution in [1.82, 2.24) is 4.90 Å². The molecule has 0 aromatic heterocycles. The van der Waals surface area contributed by atoms with E-state index < -0.39 is 5.92 Å². The summed E-state index contributed by atoms with van der Waals surface area (Å²) in [5.41, 5.74) is 3.21. The van der Waals surface area contributed by atoms with Crippen LogP contribution in [-0.2, 0) is 5.41 Å². The Morgan fingerprint density at radius 2 is 1.84 bits per heavy atom. The second-order valence-corrected chi connectivity index (χ2v) is 12.9. The third kappa shape index (κ3) is 4.53. The van der Waals surface area contributed by atoms with Crippen molar-refractivity contribution in [3.8, 4) is 0 Å². The standard InChI is InChI=1S/C27H40F2N2S/c1-3-27(21-8-5-9-22(17-21)30-32(4-2)23-10-11-23)24-18-31(19-25(24)27)16-6-7-20-12-14-26(28,29)15-13-20/h4-5,8-9,17,20,23-25,30H,3,6-7,10-16,18-19H2,1-2H3/t24-,25+,27?,32?. The SMILES string of the molecule is C/C=S(\Nc1cccc(C2(CC)[C@@H]3CN(CCCC4CCC(F)(F)CC4)C[C@@H]32)c1)C1CC1. The van der Waals surface area contributed by atoms with Crippen molar-refractivity contribution < 1.29 is 8.78 Å². The minimum atomic E-state index is -2.39. The van der Waals surface area contributed by atoms with Crippen LogP contribution < -0.4 is 4.72 Å². The minimum absolute atomic E-state index is 0.108. The van der Waals surface area contributed by atoms with Crippen molar-refractivity contribution in [2.24, 2.45) is 17.8 Å². The predicted molar refractivity (Wildman–Crippen MR) is 134 cm³/mol. The number of piperidine rings is 1. The summed E-state index contributed by atoms with van der Waals surface area (Å²) in [7, 11) is 0.214. The molecule has 1 saturated heterocycles. The molecule has 1 N–H and O–H groups in total. The lowest BCUT2D eigenvalue weighted by Crippen LogP contribution is -2.31. The van der Waals surface area contributed by atoms with Gasteiger partial charge in [-0.25, -0.2) is 8.78 Å². The summed E-state index contributed by atoms with van der Waals surface area (Å²) in [6, 6.07) is 9.29. The van der Waals surface area contributed by atoms with Crippen LogP contribution in [0.2, 0.25) is 0 Å². The predicted octanol–water partition coefficient (Wildman–Crippen LogP) is 7.08. The molecule has 1 aromatic carbocycles. The Hall–Kier alpha value is -0.940. The van der Waals surface area contributed by atoms with Gasteiger partial charge in [-0.05, 0) is 99.2 Å². The summed E-state index contributed by atoms with van der Waals surface area (Å²) in [5.74, 6) is -0.291. The van der Waals surface area contributed by atoms with Gasteiger partial charge in [0.05, 0.1) is 0 Å². The van der Waals surface area contributed by atoms with Gasteiger partial charge in [0, 0.05) is 42.3 Å². The van der Waals surface area contributed by atoms with Gasteiger partial charge in [-0.2, -0.15) is 0 Å². The molecule has 0 amide bonds. The Morgan fingerprint density at radius 1 is 1.12 bits per heavy atom. The van der Waals surface area contributed by atoms with E-state index in [0.29, 0.717) is 11.3 Å². The van der Waals surface area contributed by atoms with E-state index in [1.54, 1.807) is 5.56 Å². The van der Waals surface area contributed by atoms with Crippen LogP contribution in [0.15, 0.2) is 24.3 Å². The van der Waals surface area contributed by atoms with E-state index >= 15 is 0 Å².